The molecule has 118 valence electrons. The van der Waals surface area contributed by atoms with E-state index in [-0.39, 0.29) is 21.6 Å². The lowest BCUT2D eigenvalue weighted by molar-refractivity contribution is 0.0881. The summed E-state index contributed by atoms with van der Waals surface area (Å²) in [7, 11) is 0. The van der Waals surface area contributed by atoms with Crippen LogP contribution in [0.25, 0.3) is 10.8 Å². The standard InChI is InChI=1S/C20H14O2S2/c21-18-14-6-3-7-20(23-8-9-24-20)17(14)19(22)16-11-13-5-2-1-4-12(13)10-15(16)18/h1-7,10-11,17H,8-9H2. The highest BCUT2D eigenvalue weighted by Gasteiger charge is 2.52. The fraction of sp³-hybridized carbons (Fsp3) is 0.200. The van der Waals surface area contributed by atoms with Crippen LogP contribution in [0.15, 0.2) is 60.2 Å². The largest absolute Gasteiger partial charge is 0.293 e. The smallest absolute Gasteiger partial charge is 0.190 e. The van der Waals surface area contributed by atoms with E-state index in [0.29, 0.717) is 16.7 Å². The lowest BCUT2D eigenvalue weighted by Crippen LogP contribution is -2.42. The molecule has 1 spiro atoms. The third-order valence-corrected chi connectivity index (χ3v) is 8.40. The van der Waals surface area contributed by atoms with Gasteiger partial charge in [-0.05, 0) is 22.9 Å². The van der Waals surface area contributed by atoms with Crippen molar-refractivity contribution in [2.45, 2.75) is 4.08 Å². The molecule has 1 unspecified atom stereocenters. The van der Waals surface area contributed by atoms with E-state index >= 15 is 0 Å². The van der Waals surface area contributed by atoms with Crippen LogP contribution in [-0.4, -0.2) is 27.2 Å². The van der Waals surface area contributed by atoms with Gasteiger partial charge in [0.15, 0.2) is 11.6 Å². The Hall–Kier alpha value is -1.78. The molecule has 4 heteroatoms. The summed E-state index contributed by atoms with van der Waals surface area (Å²) in [5.41, 5.74) is 1.80. The monoisotopic (exact) mass is 350 g/mol. The van der Waals surface area contributed by atoms with Gasteiger partial charge in [0.05, 0.1) is 10.00 Å². The van der Waals surface area contributed by atoms with Crippen LogP contribution in [0.5, 0.6) is 0 Å². The molecular formula is C20H14O2S2. The number of allylic oxidation sites excluding steroid dienone is 3. The predicted octanol–water partition coefficient (Wildman–Crippen LogP) is 4.51. The van der Waals surface area contributed by atoms with Gasteiger partial charge in [0, 0.05) is 28.2 Å². The van der Waals surface area contributed by atoms with Gasteiger partial charge in [0.25, 0.3) is 0 Å². The topological polar surface area (TPSA) is 34.1 Å². The number of hydrogen-bond donors (Lipinski definition) is 0. The molecule has 0 bridgehead atoms. The fourth-order valence-electron chi connectivity index (χ4n) is 3.88. The van der Waals surface area contributed by atoms with E-state index in [2.05, 4.69) is 6.08 Å². The highest BCUT2D eigenvalue weighted by molar-refractivity contribution is 8.21. The van der Waals surface area contributed by atoms with Gasteiger partial charge >= 0.3 is 0 Å². The molecule has 1 aliphatic heterocycles. The summed E-state index contributed by atoms with van der Waals surface area (Å²) in [5.74, 6) is 1.78. The van der Waals surface area contributed by atoms with Crippen molar-refractivity contribution in [1.82, 2.24) is 0 Å². The van der Waals surface area contributed by atoms with E-state index in [1.807, 2.05) is 48.6 Å². The minimum absolute atomic E-state index is 0.0113. The van der Waals surface area contributed by atoms with Gasteiger partial charge in [-0.15, -0.1) is 23.5 Å². The number of rotatable bonds is 0. The Morgan fingerprint density at radius 3 is 2.33 bits per heavy atom. The Morgan fingerprint density at radius 1 is 0.958 bits per heavy atom. The van der Waals surface area contributed by atoms with Crippen LogP contribution in [0.2, 0.25) is 0 Å². The maximum atomic E-state index is 13.3. The van der Waals surface area contributed by atoms with Crippen LogP contribution in [0, 0.1) is 5.92 Å². The molecule has 2 aromatic carbocycles. The second-order valence-electron chi connectivity index (χ2n) is 6.27. The van der Waals surface area contributed by atoms with E-state index in [1.165, 1.54) is 0 Å². The number of fused-ring (bicyclic) bond motifs is 4. The lowest BCUT2D eigenvalue weighted by atomic mass is 9.73. The third kappa shape index (κ3) is 1.87. The third-order valence-electron chi connectivity index (χ3n) is 4.98. The minimum Gasteiger partial charge on any atom is -0.293 e. The lowest BCUT2D eigenvalue weighted by Gasteiger charge is -2.38. The summed E-state index contributed by atoms with van der Waals surface area (Å²) < 4.78 is -0.305. The normalized spacial score (nSPS) is 24.2. The zero-order valence-electron chi connectivity index (χ0n) is 12.8. The first-order chi connectivity index (χ1) is 11.7. The van der Waals surface area contributed by atoms with Crippen molar-refractivity contribution in [3.8, 4) is 0 Å². The Labute approximate surface area is 148 Å². The van der Waals surface area contributed by atoms with Gasteiger partial charge in [0.1, 0.15) is 0 Å². The van der Waals surface area contributed by atoms with Gasteiger partial charge in [0.2, 0.25) is 0 Å². The molecule has 2 nitrogen and oxygen atoms in total. The Morgan fingerprint density at radius 2 is 1.62 bits per heavy atom. The van der Waals surface area contributed by atoms with Crippen molar-refractivity contribution >= 4 is 45.9 Å². The number of carbonyl (C=O) groups is 2. The molecule has 1 fully saturated rings. The quantitative estimate of drug-likeness (QED) is 0.700. The van der Waals surface area contributed by atoms with E-state index in [1.54, 1.807) is 23.5 Å². The molecule has 2 aromatic rings. The molecule has 24 heavy (non-hydrogen) atoms. The van der Waals surface area contributed by atoms with Crippen LogP contribution in [0.3, 0.4) is 0 Å². The van der Waals surface area contributed by atoms with Crippen molar-refractivity contribution in [3.05, 3.63) is 71.3 Å². The Kier molecular flexibility index (Phi) is 3.10. The van der Waals surface area contributed by atoms with E-state index in [9.17, 15) is 9.59 Å². The van der Waals surface area contributed by atoms with E-state index in [0.717, 1.165) is 22.3 Å². The van der Waals surface area contributed by atoms with E-state index < -0.39 is 0 Å². The molecule has 0 amide bonds. The van der Waals surface area contributed by atoms with Crippen LogP contribution >= 0.6 is 23.5 Å². The van der Waals surface area contributed by atoms with Crippen LogP contribution < -0.4 is 0 Å². The molecule has 3 aliphatic rings. The van der Waals surface area contributed by atoms with Crippen molar-refractivity contribution in [2.75, 3.05) is 11.5 Å². The number of thioether (sulfide) groups is 2. The molecule has 1 atom stereocenters. The van der Waals surface area contributed by atoms with Crippen molar-refractivity contribution in [2.24, 2.45) is 5.92 Å². The van der Waals surface area contributed by atoms with Crippen LogP contribution in [0.1, 0.15) is 20.7 Å². The van der Waals surface area contributed by atoms with Crippen LogP contribution in [0.4, 0.5) is 0 Å². The highest BCUT2D eigenvalue weighted by atomic mass is 32.2. The summed E-state index contributed by atoms with van der Waals surface area (Å²) in [6, 6.07) is 11.7. The summed E-state index contributed by atoms with van der Waals surface area (Å²) in [6.07, 6.45) is 5.91. The molecule has 0 saturated carbocycles. The van der Waals surface area contributed by atoms with Crippen molar-refractivity contribution in [1.29, 1.82) is 0 Å². The molecule has 0 N–H and O–H groups in total. The molecule has 5 rings (SSSR count). The molecule has 0 aromatic heterocycles. The van der Waals surface area contributed by atoms with Crippen LogP contribution in [-0.2, 0) is 0 Å². The van der Waals surface area contributed by atoms with Gasteiger partial charge in [-0.3, -0.25) is 9.59 Å². The maximum Gasteiger partial charge on any atom is 0.190 e. The highest BCUT2D eigenvalue weighted by Crippen LogP contribution is 2.56. The average molecular weight is 350 g/mol. The molecule has 2 aliphatic carbocycles. The van der Waals surface area contributed by atoms with Gasteiger partial charge < -0.3 is 0 Å². The minimum atomic E-state index is -0.360. The second-order valence-corrected chi connectivity index (χ2v) is 9.27. The first-order valence-corrected chi connectivity index (χ1v) is 9.96. The summed E-state index contributed by atoms with van der Waals surface area (Å²) in [4.78, 5) is 26.5. The van der Waals surface area contributed by atoms with Gasteiger partial charge in [-0.2, -0.15) is 0 Å². The number of hydrogen-bond acceptors (Lipinski definition) is 4. The number of benzene rings is 2. The summed E-state index contributed by atoms with van der Waals surface area (Å²) in [6.45, 7) is 0. The maximum absolute atomic E-state index is 13.3. The second kappa shape index (κ2) is 5.11. The number of ketones is 2. The predicted molar refractivity (Wildman–Crippen MR) is 101 cm³/mol. The molecule has 0 radical (unpaired) electrons. The fourth-order valence-corrected chi connectivity index (χ4v) is 7.16. The molecule has 1 saturated heterocycles. The average Bonchev–Trinajstić information content (AvgIpc) is 3.07. The first kappa shape index (κ1) is 14.6. The van der Waals surface area contributed by atoms with Gasteiger partial charge in [-0.1, -0.05) is 42.5 Å². The summed E-state index contributed by atoms with van der Waals surface area (Å²) >= 11 is 3.60. The Bertz CT molecular complexity index is 965. The van der Waals surface area contributed by atoms with E-state index in [4.69, 9.17) is 0 Å². The zero-order chi connectivity index (χ0) is 16.3. The van der Waals surface area contributed by atoms with Crippen molar-refractivity contribution < 1.29 is 9.59 Å². The first-order valence-electron chi connectivity index (χ1n) is 7.99. The zero-order valence-corrected chi connectivity index (χ0v) is 14.5. The number of Topliss-reactive ketones (excluding diaryl/α,β-unsaturated/α-hetero) is 2. The van der Waals surface area contributed by atoms with Gasteiger partial charge in [-0.25, -0.2) is 0 Å². The Balaban J connectivity index is 1.76. The molecule has 1 heterocycles. The SMILES string of the molecule is O=C1C2=CC=CC3(SCCS3)C2C(=O)c2cc3ccccc3cc21. The van der Waals surface area contributed by atoms with Crippen molar-refractivity contribution in [3.63, 3.8) is 0 Å². The number of carbonyl (C=O) groups excluding carboxylic acids is 2. The summed E-state index contributed by atoms with van der Waals surface area (Å²) in [5, 5.41) is 2.01. The molecular weight excluding hydrogens is 336 g/mol.